The monoisotopic (exact) mass is 270 g/mol. The van der Waals surface area contributed by atoms with Gasteiger partial charge in [-0.05, 0) is 15.4 Å². The predicted molar refractivity (Wildman–Crippen MR) is 76.8 cm³/mol. The Labute approximate surface area is 108 Å². The van der Waals surface area contributed by atoms with Gasteiger partial charge in [-0.15, -0.1) is 6.58 Å². The lowest BCUT2D eigenvalue weighted by Crippen LogP contribution is -1.87. The van der Waals surface area contributed by atoms with E-state index >= 15 is 0 Å². The minimum Gasteiger partial charge on any atom is -0.372 e. The fourth-order valence-corrected chi connectivity index (χ4v) is 5.47. The summed E-state index contributed by atoms with van der Waals surface area (Å²) in [5.41, 5.74) is 1.32. The number of rotatable bonds is 7. The van der Waals surface area contributed by atoms with Crippen LogP contribution >= 0.6 is 31.4 Å². The van der Waals surface area contributed by atoms with Crippen LogP contribution in [0.1, 0.15) is 10.8 Å². The smallest absolute Gasteiger partial charge is 0.0908 e. The molecule has 0 spiro atoms. The molecule has 0 saturated carbocycles. The average molecular weight is 270 g/mol. The minimum atomic E-state index is 0.374. The standard InChI is InChI=1S/C12H14OS3/c1-2-12(10-6-4-3-5-7-10)15-16-14-9-11-8-13-11/h2-7,11-12H,1,8-9H2. The Kier molecular flexibility index (Phi) is 5.16. The van der Waals surface area contributed by atoms with Crippen LogP contribution in [0.25, 0.3) is 0 Å². The molecule has 0 N–H and O–H groups in total. The van der Waals surface area contributed by atoms with Crippen LogP contribution in [0.15, 0.2) is 43.0 Å². The Balaban J connectivity index is 1.74. The Morgan fingerprint density at radius 1 is 1.44 bits per heavy atom. The zero-order valence-electron chi connectivity index (χ0n) is 8.87. The van der Waals surface area contributed by atoms with E-state index in [0.29, 0.717) is 11.4 Å². The van der Waals surface area contributed by atoms with Crippen molar-refractivity contribution >= 4 is 31.4 Å². The highest BCUT2D eigenvalue weighted by molar-refractivity contribution is 9.09. The van der Waals surface area contributed by atoms with Gasteiger partial charge in [0.05, 0.1) is 18.0 Å². The van der Waals surface area contributed by atoms with Crippen molar-refractivity contribution < 1.29 is 4.74 Å². The average Bonchev–Trinajstić information content (AvgIpc) is 3.14. The molecular formula is C12H14OS3. The van der Waals surface area contributed by atoms with Gasteiger partial charge in [-0.3, -0.25) is 0 Å². The fraction of sp³-hybridized carbons (Fsp3) is 0.333. The van der Waals surface area contributed by atoms with Crippen LogP contribution in [0.2, 0.25) is 0 Å². The SMILES string of the molecule is C=CC(SSSCC1CO1)c1ccccc1. The van der Waals surface area contributed by atoms with E-state index in [9.17, 15) is 0 Å². The maximum absolute atomic E-state index is 5.16. The van der Waals surface area contributed by atoms with Crippen LogP contribution in [0, 0.1) is 0 Å². The van der Waals surface area contributed by atoms with Gasteiger partial charge in [-0.1, -0.05) is 58.0 Å². The summed E-state index contributed by atoms with van der Waals surface area (Å²) in [4.78, 5) is 0. The van der Waals surface area contributed by atoms with Gasteiger partial charge in [0.15, 0.2) is 0 Å². The lowest BCUT2D eigenvalue weighted by atomic mass is 10.1. The quantitative estimate of drug-likeness (QED) is 0.316. The van der Waals surface area contributed by atoms with E-state index in [0.717, 1.165) is 12.4 Å². The molecule has 1 aromatic rings. The third kappa shape index (κ3) is 4.09. The molecule has 1 aliphatic heterocycles. The molecule has 1 fully saturated rings. The largest absolute Gasteiger partial charge is 0.372 e. The summed E-state index contributed by atoms with van der Waals surface area (Å²) in [6, 6.07) is 10.5. The molecule has 1 aliphatic rings. The summed E-state index contributed by atoms with van der Waals surface area (Å²) in [5.74, 6) is 1.09. The van der Waals surface area contributed by atoms with Crippen molar-refractivity contribution in [3.8, 4) is 0 Å². The van der Waals surface area contributed by atoms with E-state index in [1.54, 1.807) is 0 Å². The number of hydrogen-bond acceptors (Lipinski definition) is 4. The van der Waals surface area contributed by atoms with Crippen LogP contribution < -0.4 is 0 Å². The lowest BCUT2D eigenvalue weighted by Gasteiger charge is -2.10. The molecule has 0 aromatic heterocycles. The summed E-state index contributed by atoms with van der Waals surface area (Å²) in [7, 11) is 5.55. The molecule has 86 valence electrons. The van der Waals surface area contributed by atoms with Crippen molar-refractivity contribution in [2.24, 2.45) is 0 Å². The normalized spacial score (nSPS) is 20.4. The maximum Gasteiger partial charge on any atom is 0.0908 e. The van der Waals surface area contributed by atoms with Gasteiger partial charge in [0.25, 0.3) is 0 Å². The number of hydrogen-bond donors (Lipinski definition) is 0. The minimum absolute atomic E-state index is 0.374. The molecule has 0 aliphatic carbocycles. The topological polar surface area (TPSA) is 12.5 Å². The summed E-state index contributed by atoms with van der Waals surface area (Å²) >= 11 is 0. The van der Waals surface area contributed by atoms with E-state index in [-0.39, 0.29) is 0 Å². The Morgan fingerprint density at radius 3 is 2.81 bits per heavy atom. The van der Waals surface area contributed by atoms with Crippen molar-refractivity contribution in [3.63, 3.8) is 0 Å². The van der Waals surface area contributed by atoms with Gasteiger partial charge in [-0.2, -0.15) is 0 Å². The zero-order valence-corrected chi connectivity index (χ0v) is 11.3. The van der Waals surface area contributed by atoms with E-state index in [1.807, 2.05) is 43.6 Å². The van der Waals surface area contributed by atoms with Gasteiger partial charge in [0.2, 0.25) is 0 Å². The van der Waals surface area contributed by atoms with Gasteiger partial charge in [0, 0.05) is 5.75 Å². The zero-order chi connectivity index (χ0) is 11.2. The highest BCUT2D eigenvalue weighted by Crippen LogP contribution is 2.45. The summed E-state index contributed by atoms with van der Waals surface area (Å²) in [5, 5.41) is 0.374. The van der Waals surface area contributed by atoms with Crippen molar-refractivity contribution in [2.75, 3.05) is 12.4 Å². The van der Waals surface area contributed by atoms with E-state index in [4.69, 9.17) is 4.74 Å². The summed E-state index contributed by atoms with van der Waals surface area (Å²) in [6.07, 6.45) is 2.51. The van der Waals surface area contributed by atoms with Gasteiger partial charge < -0.3 is 4.74 Å². The van der Waals surface area contributed by atoms with E-state index in [1.165, 1.54) is 5.56 Å². The molecule has 2 atom stereocenters. The first-order valence-electron chi connectivity index (χ1n) is 5.14. The van der Waals surface area contributed by atoms with Gasteiger partial charge in [0.1, 0.15) is 0 Å². The maximum atomic E-state index is 5.16. The van der Waals surface area contributed by atoms with Crippen LogP contribution in [0.5, 0.6) is 0 Å². The Morgan fingerprint density at radius 2 is 2.19 bits per heavy atom. The van der Waals surface area contributed by atoms with Crippen LogP contribution in [0.4, 0.5) is 0 Å². The molecule has 4 heteroatoms. The Bertz CT molecular complexity index is 324. The molecule has 0 amide bonds. The molecule has 1 heterocycles. The third-order valence-corrected chi connectivity index (χ3v) is 6.67. The molecule has 0 radical (unpaired) electrons. The molecule has 1 nitrogen and oxygen atoms in total. The molecule has 1 saturated heterocycles. The third-order valence-electron chi connectivity index (χ3n) is 2.19. The second-order valence-electron chi connectivity index (χ2n) is 3.47. The molecular weight excluding hydrogens is 256 g/mol. The highest BCUT2D eigenvalue weighted by Gasteiger charge is 2.22. The predicted octanol–water partition coefficient (Wildman–Crippen LogP) is 4.34. The highest BCUT2D eigenvalue weighted by atomic mass is 33.5. The summed E-state index contributed by atoms with van der Waals surface area (Å²) < 4.78 is 5.16. The molecule has 1 aromatic carbocycles. The lowest BCUT2D eigenvalue weighted by molar-refractivity contribution is 0.426. The van der Waals surface area contributed by atoms with Crippen molar-refractivity contribution in [3.05, 3.63) is 48.6 Å². The van der Waals surface area contributed by atoms with Crippen LogP contribution in [0.3, 0.4) is 0 Å². The summed E-state index contributed by atoms with van der Waals surface area (Å²) in [6.45, 7) is 4.84. The first-order chi connectivity index (χ1) is 7.90. The molecule has 0 bridgehead atoms. The molecule has 2 unspecified atom stereocenters. The van der Waals surface area contributed by atoms with Crippen molar-refractivity contribution in [1.29, 1.82) is 0 Å². The first-order valence-corrected chi connectivity index (χ1v) is 8.85. The van der Waals surface area contributed by atoms with Crippen LogP contribution in [-0.2, 0) is 4.74 Å². The van der Waals surface area contributed by atoms with E-state index < -0.39 is 0 Å². The Hall–Kier alpha value is -0.0300. The van der Waals surface area contributed by atoms with Crippen molar-refractivity contribution in [2.45, 2.75) is 11.4 Å². The second-order valence-corrected chi connectivity index (χ2v) is 7.79. The molecule has 2 rings (SSSR count). The number of benzene rings is 1. The second kappa shape index (κ2) is 6.64. The fourth-order valence-electron chi connectivity index (χ4n) is 1.21. The number of epoxide rings is 1. The molecule has 16 heavy (non-hydrogen) atoms. The van der Waals surface area contributed by atoms with Crippen LogP contribution in [-0.4, -0.2) is 18.5 Å². The first kappa shape index (κ1) is 12.4. The van der Waals surface area contributed by atoms with Crippen molar-refractivity contribution in [1.82, 2.24) is 0 Å². The van der Waals surface area contributed by atoms with E-state index in [2.05, 4.69) is 30.8 Å². The number of ether oxygens (including phenoxy) is 1. The van der Waals surface area contributed by atoms with Gasteiger partial charge in [-0.25, -0.2) is 0 Å². The van der Waals surface area contributed by atoms with Gasteiger partial charge >= 0.3 is 0 Å².